The van der Waals surface area contributed by atoms with E-state index in [0.717, 1.165) is 0 Å². The second kappa shape index (κ2) is 5.30. The van der Waals surface area contributed by atoms with Gasteiger partial charge in [0.2, 0.25) is 0 Å². The summed E-state index contributed by atoms with van der Waals surface area (Å²) in [6.45, 7) is 1.70. The first kappa shape index (κ1) is 14.3. The molecule has 1 amide bonds. The molecule has 0 saturated heterocycles. The molecule has 0 bridgehead atoms. The van der Waals surface area contributed by atoms with Gasteiger partial charge < -0.3 is 15.0 Å². The Morgan fingerprint density at radius 2 is 2.32 bits per heavy atom. The van der Waals surface area contributed by atoms with Gasteiger partial charge in [0.25, 0.3) is 0 Å². The van der Waals surface area contributed by atoms with Gasteiger partial charge in [-0.2, -0.15) is 5.26 Å². The Bertz CT molecular complexity index is 774. The maximum absolute atomic E-state index is 13.6. The first-order valence-electron chi connectivity index (χ1n) is 7.06. The topological polar surface area (TPSA) is 90.9 Å². The van der Waals surface area contributed by atoms with Crippen LogP contribution in [-0.2, 0) is 0 Å². The lowest BCUT2D eigenvalue weighted by atomic mass is 9.81. The summed E-state index contributed by atoms with van der Waals surface area (Å²) in [7, 11) is 0. The molecular formula is C15H15FN4O2. The van der Waals surface area contributed by atoms with Crippen molar-refractivity contribution in [1.82, 2.24) is 14.9 Å². The molecule has 1 fully saturated rings. The molecule has 0 radical (unpaired) electrons. The third-order valence-electron chi connectivity index (χ3n) is 4.07. The average Bonchev–Trinajstić information content (AvgIpc) is 2.76. The number of fused-ring (bicyclic) bond motifs is 1. The minimum atomic E-state index is -1.14. The van der Waals surface area contributed by atoms with Crippen molar-refractivity contribution in [3.8, 4) is 6.07 Å². The van der Waals surface area contributed by atoms with Crippen LogP contribution in [0.3, 0.4) is 0 Å². The molecule has 1 atom stereocenters. The lowest BCUT2D eigenvalue weighted by Crippen LogP contribution is -2.31. The lowest BCUT2D eigenvalue weighted by Gasteiger charge is -2.34. The number of halogens is 1. The predicted octanol–water partition coefficient (Wildman–Crippen LogP) is 2.98. The van der Waals surface area contributed by atoms with Gasteiger partial charge in [-0.05, 0) is 38.0 Å². The zero-order chi connectivity index (χ0) is 15.9. The summed E-state index contributed by atoms with van der Waals surface area (Å²) in [5, 5.41) is 20.2. The monoisotopic (exact) mass is 302 g/mol. The molecule has 22 heavy (non-hydrogen) atoms. The molecule has 0 aliphatic heterocycles. The van der Waals surface area contributed by atoms with Crippen LogP contribution in [0.2, 0.25) is 0 Å². The third kappa shape index (κ3) is 2.37. The van der Waals surface area contributed by atoms with Crippen LogP contribution in [0.15, 0.2) is 18.2 Å². The standard InChI is InChI=1S/C15H15FN4O2/c1-8(18-15(21)22)14-19-12-3-2-10(16)6-13(12)20(14)11-4-9(5-11)7-17/h2-3,6,8-9,11,18H,4-5H2,1H3,(H,21,22)/t8-,9?,11?/m0/s1. The second-order valence-electron chi connectivity index (χ2n) is 5.60. The van der Waals surface area contributed by atoms with Gasteiger partial charge in [-0.15, -0.1) is 0 Å². The molecule has 1 aromatic heterocycles. The number of imidazole rings is 1. The fourth-order valence-corrected chi connectivity index (χ4v) is 2.93. The highest BCUT2D eigenvalue weighted by molar-refractivity contribution is 5.76. The molecule has 7 heteroatoms. The smallest absolute Gasteiger partial charge is 0.405 e. The van der Waals surface area contributed by atoms with Crippen molar-refractivity contribution in [3.63, 3.8) is 0 Å². The first-order valence-corrected chi connectivity index (χ1v) is 7.06. The molecule has 3 rings (SSSR count). The van der Waals surface area contributed by atoms with Gasteiger partial charge in [0, 0.05) is 6.04 Å². The molecule has 0 spiro atoms. The van der Waals surface area contributed by atoms with Gasteiger partial charge in [-0.1, -0.05) is 0 Å². The highest BCUT2D eigenvalue weighted by Gasteiger charge is 2.34. The Morgan fingerprint density at radius 3 is 2.95 bits per heavy atom. The molecule has 1 heterocycles. The average molecular weight is 302 g/mol. The van der Waals surface area contributed by atoms with Gasteiger partial charge >= 0.3 is 6.09 Å². The van der Waals surface area contributed by atoms with E-state index in [4.69, 9.17) is 10.4 Å². The van der Waals surface area contributed by atoms with Crippen molar-refractivity contribution < 1.29 is 14.3 Å². The third-order valence-corrected chi connectivity index (χ3v) is 4.07. The Labute approximate surface area is 126 Å². The van der Waals surface area contributed by atoms with Crippen LogP contribution in [0.1, 0.15) is 37.7 Å². The van der Waals surface area contributed by atoms with Crippen LogP contribution in [0.25, 0.3) is 11.0 Å². The zero-order valence-corrected chi connectivity index (χ0v) is 12.0. The zero-order valence-electron chi connectivity index (χ0n) is 12.0. The number of carboxylic acid groups (broad SMARTS) is 1. The van der Waals surface area contributed by atoms with Gasteiger partial charge in [-0.25, -0.2) is 14.2 Å². The van der Waals surface area contributed by atoms with Gasteiger partial charge in [-0.3, -0.25) is 0 Å². The van der Waals surface area contributed by atoms with Crippen molar-refractivity contribution in [2.24, 2.45) is 5.92 Å². The van der Waals surface area contributed by atoms with Gasteiger partial charge in [0.05, 0.1) is 29.1 Å². The molecule has 1 saturated carbocycles. The normalized spacial score (nSPS) is 21.9. The summed E-state index contributed by atoms with van der Waals surface area (Å²) < 4.78 is 15.4. The molecule has 1 aliphatic carbocycles. The van der Waals surface area contributed by atoms with Crippen LogP contribution in [0.4, 0.5) is 9.18 Å². The highest BCUT2D eigenvalue weighted by atomic mass is 19.1. The second-order valence-corrected chi connectivity index (χ2v) is 5.60. The molecule has 0 unspecified atom stereocenters. The Hall–Kier alpha value is -2.62. The molecule has 2 aromatic rings. The fraction of sp³-hybridized carbons (Fsp3) is 0.400. The van der Waals surface area contributed by atoms with Crippen molar-refractivity contribution >= 4 is 17.1 Å². The van der Waals surface area contributed by atoms with E-state index in [1.54, 1.807) is 13.0 Å². The lowest BCUT2D eigenvalue weighted by molar-refractivity contribution is 0.188. The summed E-state index contributed by atoms with van der Waals surface area (Å²) in [5.74, 6) is 0.172. The number of benzene rings is 1. The number of amides is 1. The largest absolute Gasteiger partial charge is 0.465 e. The van der Waals surface area contributed by atoms with Crippen molar-refractivity contribution in [1.29, 1.82) is 5.26 Å². The molecule has 6 nitrogen and oxygen atoms in total. The Kier molecular flexibility index (Phi) is 3.45. The molecule has 114 valence electrons. The first-order chi connectivity index (χ1) is 10.5. The van der Waals surface area contributed by atoms with Crippen molar-refractivity contribution in [3.05, 3.63) is 29.8 Å². The number of nitrogens with one attached hydrogen (secondary N) is 1. The fourth-order valence-electron chi connectivity index (χ4n) is 2.93. The molecule has 1 aromatic carbocycles. The van der Waals surface area contributed by atoms with E-state index in [1.165, 1.54) is 12.1 Å². The number of carbonyl (C=O) groups is 1. The summed E-state index contributed by atoms with van der Waals surface area (Å²) in [6, 6.07) is 6.06. The Balaban J connectivity index is 2.06. The summed E-state index contributed by atoms with van der Waals surface area (Å²) in [6.07, 6.45) is 0.206. The quantitative estimate of drug-likeness (QED) is 0.911. The van der Waals surface area contributed by atoms with Crippen LogP contribution in [0, 0.1) is 23.1 Å². The number of aromatic nitrogens is 2. The van der Waals surface area contributed by atoms with Crippen LogP contribution < -0.4 is 5.32 Å². The number of hydrogen-bond donors (Lipinski definition) is 2. The molecule has 1 aliphatic rings. The van der Waals surface area contributed by atoms with E-state index in [0.29, 0.717) is 29.7 Å². The van der Waals surface area contributed by atoms with E-state index in [2.05, 4.69) is 16.4 Å². The Morgan fingerprint density at radius 1 is 1.59 bits per heavy atom. The van der Waals surface area contributed by atoms with Crippen LogP contribution >= 0.6 is 0 Å². The van der Waals surface area contributed by atoms with E-state index in [1.807, 2.05) is 4.57 Å². The summed E-state index contributed by atoms with van der Waals surface area (Å²) in [4.78, 5) is 15.3. The molecule has 2 N–H and O–H groups in total. The summed E-state index contributed by atoms with van der Waals surface area (Å²) in [5.41, 5.74) is 1.26. The van der Waals surface area contributed by atoms with Gasteiger partial charge in [0.15, 0.2) is 0 Å². The maximum Gasteiger partial charge on any atom is 0.405 e. The van der Waals surface area contributed by atoms with Crippen LogP contribution in [0.5, 0.6) is 0 Å². The van der Waals surface area contributed by atoms with E-state index >= 15 is 0 Å². The molecular weight excluding hydrogens is 287 g/mol. The number of nitriles is 1. The van der Waals surface area contributed by atoms with E-state index < -0.39 is 12.1 Å². The highest BCUT2D eigenvalue weighted by Crippen LogP contribution is 2.41. The minimum Gasteiger partial charge on any atom is -0.465 e. The summed E-state index contributed by atoms with van der Waals surface area (Å²) >= 11 is 0. The van der Waals surface area contributed by atoms with E-state index in [-0.39, 0.29) is 17.8 Å². The van der Waals surface area contributed by atoms with Crippen LogP contribution in [-0.4, -0.2) is 20.8 Å². The number of nitrogens with zero attached hydrogens (tertiary/aromatic N) is 3. The maximum atomic E-state index is 13.6. The predicted molar refractivity (Wildman–Crippen MR) is 76.6 cm³/mol. The van der Waals surface area contributed by atoms with E-state index in [9.17, 15) is 9.18 Å². The number of hydrogen-bond acceptors (Lipinski definition) is 3. The van der Waals surface area contributed by atoms with Gasteiger partial charge in [0.1, 0.15) is 11.6 Å². The number of rotatable bonds is 3. The SMILES string of the molecule is C[C@H](NC(=O)O)c1nc2ccc(F)cc2n1C1CC(C#N)C1. The minimum absolute atomic E-state index is 0.00778. The van der Waals surface area contributed by atoms with Crippen molar-refractivity contribution in [2.45, 2.75) is 31.8 Å². The van der Waals surface area contributed by atoms with Crippen molar-refractivity contribution in [2.75, 3.05) is 0 Å².